The van der Waals surface area contributed by atoms with Gasteiger partial charge in [0.25, 0.3) is 0 Å². The standard InChI is InChI=1S/C21H30N6/c1-16-12-20(25-21(22)24-16)27-11-5-7-18(15-27)23-14-17-6-4-8-19(13-17)26-9-2-3-10-26/h4,6,8,12-13,18,23H,2-3,5,7,9-11,14-15H2,1H3,(H2,22,24,25). The second-order valence-corrected chi connectivity index (χ2v) is 7.76. The van der Waals surface area contributed by atoms with E-state index in [9.17, 15) is 0 Å². The summed E-state index contributed by atoms with van der Waals surface area (Å²) in [6.07, 6.45) is 4.98. The predicted molar refractivity (Wildman–Crippen MR) is 111 cm³/mol. The average molecular weight is 367 g/mol. The Kier molecular flexibility index (Phi) is 5.43. The van der Waals surface area contributed by atoms with Crippen molar-refractivity contribution < 1.29 is 0 Å². The van der Waals surface area contributed by atoms with Gasteiger partial charge >= 0.3 is 0 Å². The molecule has 0 radical (unpaired) electrons. The average Bonchev–Trinajstić information content (AvgIpc) is 3.21. The summed E-state index contributed by atoms with van der Waals surface area (Å²) in [5.41, 5.74) is 9.48. The lowest BCUT2D eigenvalue weighted by Crippen LogP contribution is -2.45. The summed E-state index contributed by atoms with van der Waals surface area (Å²) in [6.45, 7) is 7.24. The van der Waals surface area contributed by atoms with E-state index in [4.69, 9.17) is 5.73 Å². The minimum Gasteiger partial charge on any atom is -0.372 e. The topological polar surface area (TPSA) is 70.3 Å². The number of hydrogen-bond donors (Lipinski definition) is 2. The number of hydrogen-bond acceptors (Lipinski definition) is 6. The second kappa shape index (κ2) is 8.13. The van der Waals surface area contributed by atoms with Crippen LogP contribution >= 0.6 is 0 Å². The van der Waals surface area contributed by atoms with Crippen LogP contribution in [0, 0.1) is 6.92 Å². The minimum absolute atomic E-state index is 0.360. The fourth-order valence-corrected chi connectivity index (χ4v) is 4.19. The summed E-state index contributed by atoms with van der Waals surface area (Å²) < 4.78 is 0. The number of nitrogens with two attached hydrogens (primary N) is 1. The Labute approximate surface area is 161 Å². The summed E-state index contributed by atoms with van der Waals surface area (Å²) in [7, 11) is 0. The number of rotatable bonds is 5. The molecule has 6 heteroatoms. The third-order valence-electron chi connectivity index (χ3n) is 5.58. The van der Waals surface area contributed by atoms with Crippen molar-refractivity contribution in [3.05, 3.63) is 41.6 Å². The predicted octanol–water partition coefficient (Wildman–Crippen LogP) is 2.73. The zero-order valence-corrected chi connectivity index (χ0v) is 16.2. The molecule has 27 heavy (non-hydrogen) atoms. The van der Waals surface area contributed by atoms with Crippen molar-refractivity contribution >= 4 is 17.5 Å². The summed E-state index contributed by atoms with van der Waals surface area (Å²) in [6, 6.07) is 11.5. The molecule has 2 aliphatic rings. The molecule has 0 amide bonds. The van der Waals surface area contributed by atoms with Crippen LogP contribution in [-0.4, -0.2) is 42.2 Å². The first-order valence-corrected chi connectivity index (χ1v) is 10.1. The normalized spacial score (nSPS) is 20.3. The second-order valence-electron chi connectivity index (χ2n) is 7.76. The van der Waals surface area contributed by atoms with Crippen molar-refractivity contribution in [2.75, 3.05) is 41.7 Å². The van der Waals surface area contributed by atoms with Crippen molar-refractivity contribution in [3.63, 3.8) is 0 Å². The van der Waals surface area contributed by atoms with Gasteiger partial charge in [-0.3, -0.25) is 0 Å². The van der Waals surface area contributed by atoms with E-state index < -0.39 is 0 Å². The lowest BCUT2D eigenvalue weighted by Gasteiger charge is -2.34. The van der Waals surface area contributed by atoms with Crippen LogP contribution in [0.5, 0.6) is 0 Å². The van der Waals surface area contributed by atoms with E-state index in [1.807, 2.05) is 13.0 Å². The first-order chi connectivity index (χ1) is 13.2. The van der Waals surface area contributed by atoms with Gasteiger partial charge in [0, 0.05) is 56.2 Å². The molecule has 6 nitrogen and oxygen atoms in total. The fraction of sp³-hybridized carbons (Fsp3) is 0.524. The Bertz CT molecular complexity index is 751. The summed E-state index contributed by atoms with van der Waals surface area (Å²) >= 11 is 0. The molecule has 1 aromatic heterocycles. The molecule has 144 valence electrons. The third kappa shape index (κ3) is 4.50. The molecule has 0 bridgehead atoms. The van der Waals surface area contributed by atoms with E-state index in [1.165, 1.54) is 43.6 Å². The molecule has 0 aliphatic carbocycles. The fourth-order valence-electron chi connectivity index (χ4n) is 4.19. The highest BCUT2D eigenvalue weighted by atomic mass is 15.2. The van der Waals surface area contributed by atoms with E-state index in [0.29, 0.717) is 12.0 Å². The zero-order valence-electron chi connectivity index (χ0n) is 16.2. The molecule has 0 spiro atoms. The molecule has 2 saturated heterocycles. The van der Waals surface area contributed by atoms with Crippen LogP contribution in [0.1, 0.15) is 36.9 Å². The molecular formula is C21H30N6. The maximum atomic E-state index is 5.83. The molecule has 2 fully saturated rings. The Morgan fingerprint density at radius 1 is 1.07 bits per heavy atom. The Hall–Kier alpha value is -2.34. The number of aromatic nitrogens is 2. The van der Waals surface area contributed by atoms with Gasteiger partial charge in [-0.2, -0.15) is 4.98 Å². The number of piperidine rings is 1. The molecule has 1 unspecified atom stereocenters. The molecule has 3 N–H and O–H groups in total. The van der Waals surface area contributed by atoms with Gasteiger partial charge in [0.1, 0.15) is 5.82 Å². The zero-order chi connectivity index (χ0) is 18.6. The van der Waals surface area contributed by atoms with Crippen LogP contribution < -0.4 is 20.9 Å². The summed E-state index contributed by atoms with van der Waals surface area (Å²) in [5, 5.41) is 3.75. The van der Waals surface area contributed by atoms with E-state index in [-0.39, 0.29) is 0 Å². The highest BCUT2D eigenvalue weighted by molar-refractivity contribution is 5.49. The molecular weight excluding hydrogens is 336 g/mol. The molecule has 2 aromatic rings. The van der Waals surface area contributed by atoms with Crippen molar-refractivity contribution in [1.29, 1.82) is 0 Å². The van der Waals surface area contributed by atoms with E-state index in [1.54, 1.807) is 0 Å². The van der Waals surface area contributed by atoms with Gasteiger partial charge in [-0.15, -0.1) is 0 Å². The monoisotopic (exact) mass is 366 g/mol. The van der Waals surface area contributed by atoms with Crippen LogP contribution in [0.4, 0.5) is 17.5 Å². The van der Waals surface area contributed by atoms with Crippen LogP contribution in [0.25, 0.3) is 0 Å². The minimum atomic E-state index is 0.360. The first-order valence-electron chi connectivity index (χ1n) is 10.1. The van der Waals surface area contributed by atoms with E-state index in [0.717, 1.165) is 37.6 Å². The molecule has 1 aromatic carbocycles. The van der Waals surface area contributed by atoms with Gasteiger partial charge in [-0.25, -0.2) is 4.98 Å². The third-order valence-corrected chi connectivity index (χ3v) is 5.58. The van der Waals surface area contributed by atoms with Crippen LogP contribution in [-0.2, 0) is 6.54 Å². The van der Waals surface area contributed by atoms with Gasteiger partial charge in [-0.1, -0.05) is 12.1 Å². The van der Waals surface area contributed by atoms with Crippen LogP contribution in [0.2, 0.25) is 0 Å². The maximum Gasteiger partial charge on any atom is 0.222 e. The lowest BCUT2D eigenvalue weighted by molar-refractivity contribution is 0.420. The van der Waals surface area contributed by atoms with Gasteiger partial charge < -0.3 is 20.9 Å². The first kappa shape index (κ1) is 18.0. The maximum absolute atomic E-state index is 5.83. The van der Waals surface area contributed by atoms with E-state index in [2.05, 4.69) is 49.4 Å². The van der Waals surface area contributed by atoms with Gasteiger partial charge in [0.15, 0.2) is 0 Å². The summed E-state index contributed by atoms with van der Waals surface area (Å²) in [5.74, 6) is 1.31. The largest absolute Gasteiger partial charge is 0.372 e. The van der Waals surface area contributed by atoms with Gasteiger partial charge in [-0.05, 0) is 50.3 Å². The number of aryl methyl sites for hydroxylation is 1. The van der Waals surface area contributed by atoms with Gasteiger partial charge in [0.2, 0.25) is 5.95 Å². The molecule has 0 saturated carbocycles. The highest BCUT2D eigenvalue weighted by Gasteiger charge is 2.21. The number of benzene rings is 1. The smallest absolute Gasteiger partial charge is 0.222 e. The Balaban J connectivity index is 1.36. The molecule has 4 rings (SSSR count). The van der Waals surface area contributed by atoms with Crippen LogP contribution in [0.3, 0.4) is 0 Å². The number of nitrogen functional groups attached to an aromatic ring is 1. The molecule has 1 atom stereocenters. The number of nitrogens with zero attached hydrogens (tertiary/aromatic N) is 4. The number of nitrogens with one attached hydrogen (secondary N) is 1. The molecule has 2 aliphatic heterocycles. The van der Waals surface area contributed by atoms with Crippen molar-refractivity contribution in [1.82, 2.24) is 15.3 Å². The van der Waals surface area contributed by atoms with Crippen molar-refractivity contribution in [2.45, 2.75) is 45.2 Å². The Morgan fingerprint density at radius 2 is 1.89 bits per heavy atom. The SMILES string of the molecule is Cc1cc(N2CCCC(NCc3cccc(N4CCCC4)c3)C2)nc(N)n1. The van der Waals surface area contributed by atoms with Crippen LogP contribution in [0.15, 0.2) is 30.3 Å². The van der Waals surface area contributed by atoms with Gasteiger partial charge in [0.05, 0.1) is 0 Å². The van der Waals surface area contributed by atoms with E-state index >= 15 is 0 Å². The highest BCUT2D eigenvalue weighted by Crippen LogP contribution is 2.22. The number of anilines is 3. The quantitative estimate of drug-likeness (QED) is 0.848. The Morgan fingerprint density at radius 3 is 2.70 bits per heavy atom. The van der Waals surface area contributed by atoms with Crippen molar-refractivity contribution in [2.24, 2.45) is 0 Å². The summed E-state index contributed by atoms with van der Waals surface area (Å²) in [4.78, 5) is 13.4. The molecule has 3 heterocycles. The van der Waals surface area contributed by atoms with Crippen molar-refractivity contribution in [3.8, 4) is 0 Å². The lowest BCUT2D eigenvalue weighted by atomic mass is 10.0.